The summed E-state index contributed by atoms with van der Waals surface area (Å²) in [6.07, 6.45) is 1.71. The number of nitrogens with one attached hydrogen (secondary N) is 2. The summed E-state index contributed by atoms with van der Waals surface area (Å²) in [5, 5.41) is 10.5. The highest BCUT2D eigenvalue weighted by Gasteiger charge is 2.23. The average molecular weight is 485 g/mol. The molecule has 10 heteroatoms. The van der Waals surface area contributed by atoms with Crippen molar-refractivity contribution in [1.29, 1.82) is 5.53 Å². The second-order valence-corrected chi connectivity index (χ2v) is 8.11. The SMILES string of the molecule is N=N/C(=N\N)c1ccc(Nc2ncc3c(n2)-c2ccc(Cl)cc2C(c2ccccc2F)=NC3)cc1. The molecule has 1 aromatic heterocycles. The van der Waals surface area contributed by atoms with E-state index in [0.29, 0.717) is 39.1 Å². The lowest BCUT2D eigenvalue weighted by molar-refractivity contribution is 0.625. The minimum Gasteiger partial charge on any atom is -0.324 e. The van der Waals surface area contributed by atoms with Crippen molar-refractivity contribution in [2.75, 3.05) is 5.32 Å². The number of halogens is 2. The molecule has 0 atom stereocenters. The first-order chi connectivity index (χ1) is 17.1. The van der Waals surface area contributed by atoms with Crippen molar-refractivity contribution in [2.24, 2.45) is 21.1 Å². The highest BCUT2D eigenvalue weighted by molar-refractivity contribution is 6.31. The van der Waals surface area contributed by atoms with Crippen molar-refractivity contribution in [2.45, 2.75) is 6.54 Å². The topological polar surface area (TPSA) is 125 Å². The molecule has 5 rings (SSSR count). The van der Waals surface area contributed by atoms with Crippen LogP contribution < -0.4 is 11.2 Å². The molecule has 0 unspecified atom stereocenters. The number of hydrogen-bond acceptors (Lipinski definition) is 7. The van der Waals surface area contributed by atoms with E-state index in [1.165, 1.54) is 6.07 Å². The molecule has 4 N–H and O–H groups in total. The fourth-order valence-electron chi connectivity index (χ4n) is 3.87. The number of fused-ring (bicyclic) bond motifs is 3. The summed E-state index contributed by atoms with van der Waals surface area (Å²) >= 11 is 6.32. The van der Waals surface area contributed by atoms with E-state index in [9.17, 15) is 4.39 Å². The van der Waals surface area contributed by atoms with Crippen molar-refractivity contribution in [3.05, 3.63) is 106 Å². The van der Waals surface area contributed by atoms with Crippen molar-refractivity contribution in [3.8, 4) is 11.3 Å². The molecule has 0 saturated carbocycles. The van der Waals surface area contributed by atoms with Crippen LogP contribution in [0.2, 0.25) is 5.02 Å². The molecule has 0 aliphatic carbocycles. The number of rotatable bonds is 4. The molecular formula is C25H18ClFN8. The predicted octanol–water partition coefficient (Wildman–Crippen LogP) is 5.68. The Labute approximate surface area is 204 Å². The third-order valence-corrected chi connectivity index (χ3v) is 5.76. The normalized spacial score (nSPS) is 12.7. The summed E-state index contributed by atoms with van der Waals surface area (Å²) in [4.78, 5) is 13.9. The second-order valence-electron chi connectivity index (χ2n) is 7.67. The molecule has 1 aliphatic rings. The zero-order valence-electron chi connectivity index (χ0n) is 18.2. The lowest BCUT2D eigenvalue weighted by Crippen LogP contribution is -2.07. The molecule has 8 nitrogen and oxygen atoms in total. The summed E-state index contributed by atoms with van der Waals surface area (Å²) < 4.78 is 14.7. The minimum atomic E-state index is -0.360. The van der Waals surface area contributed by atoms with Gasteiger partial charge in [0.15, 0.2) is 5.84 Å². The van der Waals surface area contributed by atoms with Gasteiger partial charge in [0.05, 0.1) is 18.0 Å². The Hall–Kier alpha value is -4.50. The number of hydrazone groups is 1. The standard InChI is InChI=1S/C25H18ClFN8/c26-16-7-10-18-20(11-16)23(19-3-1-2-4-21(19)27)30-12-15-13-31-25(33-22(15)18)32-17-8-5-14(6-9-17)24(34-28)35-29/h1-11,13,28H,12,29H2,(H,31,32,33)/b34-28?,35-24-. The van der Waals surface area contributed by atoms with Gasteiger partial charge in [-0.2, -0.15) is 5.10 Å². The first-order valence-electron chi connectivity index (χ1n) is 10.6. The van der Waals surface area contributed by atoms with Crippen molar-refractivity contribution < 1.29 is 4.39 Å². The Balaban J connectivity index is 1.53. The van der Waals surface area contributed by atoms with Crippen LogP contribution in [0.5, 0.6) is 0 Å². The Bertz CT molecular complexity index is 1500. The molecule has 0 radical (unpaired) electrons. The monoisotopic (exact) mass is 484 g/mol. The van der Waals surface area contributed by atoms with Crippen LogP contribution in [-0.2, 0) is 6.54 Å². The molecule has 0 bridgehead atoms. The van der Waals surface area contributed by atoms with Gasteiger partial charge in [0.2, 0.25) is 5.95 Å². The zero-order chi connectivity index (χ0) is 24.4. The fraction of sp³-hybridized carbons (Fsp3) is 0.0400. The lowest BCUT2D eigenvalue weighted by atomic mass is 9.95. The summed E-state index contributed by atoms with van der Waals surface area (Å²) in [6, 6.07) is 19.0. The van der Waals surface area contributed by atoms with Crippen LogP contribution in [0.3, 0.4) is 0 Å². The molecular weight excluding hydrogens is 467 g/mol. The highest BCUT2D eigenvalue weighted by Crippen LogP contribution is 2.34. The molecule has 2 heterocycles. The van der Waals surface area contributed by atoms with Crippen LogP contribution in [0.25, 0.3) is 11.3 Å². The van der Waals surface area contributed by atoms with Crippen LogP contribution in [0.15, 0.2) is 88.1 Å². The van der Waals surface area contributed by atoms with Crippen LogP contribution in [0, 0.1) is 11.3 Å². The molecule has 35 heavy (non-hydrogen) atoms. The van der Waals surface area contributed by atoms with Gasteiger partial charge in [-0.05, 0) is 48.5 Å². The largest absolute Gasteiger partial charge is 0.324 e. The Morgan fingerprint density at radius 2 is 1.83 bits per heavy atom. The smallest absolute Gasteiger partial charge is 0.227 e. The molecule has 172 valence electrons. The van der Waals surface area contributed by atoms with Gasteiger partial charge < -0.3 is 11.2 Å². The van der Waals surface area contributed by atoms with Gasteiger partial charge in [-0.1, -0.05) is 29.8 Å². The van der Waals surface area contributed by atoms with Crippen LogP contribution >= 0.6 is 11.6 Å². The number of nitrogens with zero attached hydrogens (tertiary/aromatic N) is 5. The number of nitrogens with two attached hydrogens (primary N) is 1. The van der Waals surface area contributed by atoms with Gasteiger partial charge in [-0.3, -0.25) is 4.99 Å². The fourth-order valence-corrected chi connectivity index (χ4v) is 4.04. The van der Waals surface area contributed by atoms with E-state index in [0.717, 1.165) is 16.8 Å². The number of benzene rings is 3. The van der Waals surface area contributed by atoms with Gasteiger partial charge in [0, 0.05) is 44.7 Å². The summed E-state index contributed by atoms with van der Waals surface area (Å²) in [6.45, 7) is 0.290. The van der Waals surface area contributed by atoms with Crippen molar-refractivity contribution in [3.63, 3.8) is 0 Å². The first-order valence-corrected chi connectivity index (χ1v) is 10.9. The number of anilines is 2. The van der Waals surface area contributed by atoms with E-state index in [4.69, 9.17) is 33.0 Å². The van der Waals surface area contributed by atoms with Gasteiger partial charge >= 0.3 is 0 Å². The van der Waals surface area contributed by atoms with Crippen molar-refractivity contribution >= 4 is 34.8 Å². The second kappa shape index (κ2) is 9.40. The molecule has 0 amide bonds. The van der Waals surface area contributed by atoms with Crippen LogP contribution in [0.1, 0.15) is 22.3 Å². The molecule has 0 fully saturated rings. The van der Waals surface area contributed by atoms with E-state index >= 15 is 0 Å². The molecule has 0 spiro atoms. The summed E-state index contributed by atoms with van der Waals surface area (Å²) in [5.41, 5.74) is 12.4. The highest BCUT2D eigenvalue weighted by atomic mass is 35.5. The van der Waals surface area contributed by atoms with Gasteiger partial charge in [0.1, 0.15) is 5.82 Å². The third kappa shape index (κ3) is 4.36. The Morgan fingerprint density at radius 3 is 2.57 bits per heavy atom. The molecule has 0 saturated heterocycles. The molecule has 3 aromatic carbocycles. The van der Waals surface area contributed by atoms with E-state index in [1.54, 1.807) is 60.8 Å². The van der Waals surface area contributed by atoms with Crippen LogP contribution in [0.4, 0.5) is 16.0 Å². The maximum absolute atomic E-state index is 14.7. The van der Waals surface area contributed by atoms with E-state index in [1.807, 2.05) is 6.07 Å². The van der Waals surface area contributed by atoms with Gasteiger partial charge in [-0.15, -0.1) is 5.11 Å². The number of amidine groups is 1. The minimum absolute atomic E-state index is 0.124. The average Bonchev–Trinajstić information content (AvgIpc) is 3.02. The summed E-state index contributed by atoms with van der Waals surface area (Å²) in [7, 11) is 0. The third-order valence-electron chi connectivity index (χ3n) is 5.52. The first kappa shape index (κ1) is 22.3. The van der Waals surface area contributed by atoms with E-state index < -0.39 is 0 Å². The maximum atomic E-state index is 14.7. The van der Waals surface area contributed by atoms with Gasteiger partial charge in [0.25, 0.3) is 0 Å². The van der Waals surface area contributed by atoms with Gasteiger partial charge in [-0.25, -0.2) is 19.9 Å². The lowest BCUT2D eigenvalue weighted by Gasteiger charge is -2.13. The number of aromatic nitrogens is 2. The number of hydrogen-bond donors (Lipinski definition) is 3. The maximum Gasteiger partial charge on any atom is 0.227 e. The van der Waals surface area contributed by atoms with E-state index in [-0.39, 0.29) is 18.2 Å². The number of aliphatic imine (C=N–C) groups is 1. The summed E-state index contributed by atoms with van der Waals surface area (Å²) in [5.74, 6) is 5.40. The van der Waals surface area contributed by atoms with E-state index in [2.05, 4.69) is 20.5 Å². The molecule has 4 aromatic rings. The zero-order valence-corrected chi connectivity index (χ0v) is 19.0. The Kier molecular flexibility index (Phi) is 5.99. The molecule has 1 aliphatic heterocycles. The Morgan fingerprint density at radius 1 is 1.03 bits per heavy atom. The quantitative estimate of drug-likeness (QED) is 0.113. The van der Waals surface area contributed by atoms with Crippen LogP contribution in [-0.4, -0.2) is 21.5 Å². The van der Waals surface area contributed by atoms with Crippen molar-refractivity contribution in [1.82, 2.24) is 9.97 Å². The predicted molar refractivity (Wildman–Crippen MR) is 134 cm³/mol.